The largest absolute Gasteiger partial charge is 0.329 e. The fraction of sp³-hybridized carbons (Fsp3) is 0.600. The second kappa shape index (κ2) is 6.84. The highest BCUT2D eigenvalue weighted by atomic mass is 79.9. The summed E-state index contributed by atoms with van der Waals surface area (Å²) >= 11 is 3.55. The Kier molecular flexibility index (Phi) is 5.39. The topological polar surface area (TPSA) is 32.5 Å². The summed E-state index contributed by atoms with van der Waals surface area (Å²) in [6.45, 7) is 2.96. The molecule has 2 rings (SSSR count). The Bertz CT molecular complexity index is 400. The molecule has 0 aliphatic carbocycles. The molecule has 1 heterocycles. The Morgan fingerprint density at radius 2 is 2.05 bits per heavy atom. The van der Waals surface area contributed by atoms with Crippen LogP contribution in [0.3, 0.4) is 0 Å². The first-order valence-electron chi connectivity index (χ1n) is 6.98. The molecule has 2 N–H and O–H groups in total. The molecule has 1 saturated heterocycles. The van der Waals surface area contributed by atoms with Gasteiger partial charge in [-0.15, -0.1) is 0 Å². The lowest BCUT2D eigenvalue weighted by Crippen LogP contribution is -2.45. The molecule has 3 nitrogen and oxygen atoms in total. The minimum atomic E-state index is 0.348. The van der Waals surface area contributed by atoms with Gasteiger partial charge >= 0.3 is 0 Å². The van der Waals surface area contributed by atoms with Gasteiger partial charge in [0, 0.05) is 36.2 Å². The molecule has 1 aromatic carbocycles. The van der Waals surface area contributed by atoms with Crippen LogP contribution in [0.4, 0.5) is 0 Å². The molecule has 1 atom stereocenters. The first kappa shape index (κ1) is 15.0. The van der Waals surface area contributed by atoms with Gasteiger partial charge in [-0.2, -0.15) is 0 Å². The zero-order chi connectivity index (χ0) is 13.8. The van der Waals surface area contributed by atoms with E-state index >= 15 is 0 Å². The molecule has 1 aliphatic rings. The Balaban J connectivity index is 2.03. The molecule has 0 amide bonds. The number of halogens is 1. The summed E-state index contributed by atoms with van der Waals surface area (Å²) in [7, 11) is 4.35. The molecule has 106 valence electrons. The van der Waals surface area contributed by atoms with Gasteiger partial charge in [-0.1, -0.05) is 28.1 Å². The fourth-order valence-corrected chi connectivity index (χ4v) is 3.34. The van der Waals surface area contributed by atoms with Crippen LogP contribution in [-0.2, 0) is 0 Å². The van der Waals surface area contributed by atoms with Gasteiger partial charge in [0.25, 0.3) is 0 Å². The summed E-state index contributed by atoms with van der Waals surface area (Å²) < 4.78 is 1.13. The van der Waals surface area contributed by atoms with Crippen molar-refractivity contribution in [2.75, 3.05) is 33.7 Å². The van der Waals surface area contributed by atoms with Gasteiger partial charge < -0.3 is 10.6 Å². The van der Waals surface area contributed by atoms with E-state index in [1.807, 2.05) is 0 Å². The summed E-state index contributed by atoms with van der Waals surface area (Å²) in [6.07, 6.45) is 2.47. The summed E-state index contributed by atoms with van der Waals surface area (Å²) in [5.74, 6) is 0. The van der Waals surface area contributed by atoms with Crippen LogP contribution in [0.25, 0.3) is 0 Å². The SMILES string of the molecule is CN(C)C1CCN(C(CN)c2cccc(Br)c2)CC1. The molecule has 0 bridgehead atoms. The number of piperidine rings is 1. The fourth-order valence-electron chi connectivity index (χ4n) is 2.92. The highest BCUT2D eigenvalue weighted by Gasteiger charge is 2.26. The van der Waals surface area contributed by atoms with E-state index in [0.29, 0.717) is 12.6 Å². The smallest absolute Gasteiger partial charge is 0.0470 e. The lowest BCUT2D eigenvalue weighted by molar-refractivity contribution is 0.111. The van der Waals surface area contributed by atoms with Crippen molar-refractivity contribution in [2.45, 2.75) is 24.9 Å². The zero-order valence-corrected chi connectivity index (χ0v) is 13.4. The van der Waals surface area contributed by atoms with Crippen molar-refractivity contribution >= 4 is 15.9 Å². The van der Waals surface area contributed by atoms with Gasteiger partial charge in [0.2, 0.25) is 0 Å². The van der Waals surface area contributed by atoms with Crippen LogP contribution >= 0.6 is 15.9 Å². The third-order valence-corrected chi connectivity index (χ3v) is 4.62. The van der Waals surface area contributed by atoms with Gasteiger partial charge in [0.15, 0.2) is 0 Å². The molecule has 4 heteroatoms. The predicted molar refractivity (Wildman–Crippen MR) is 84.2 cm³/mol. The molecular weight excluding hydrogens is 302 g/mol. The summed E-state index contributed by atoms with van der Waals surface area (Å²) in [6, 6.07) is 9.60. The second-order valence-corrected chi connectivity index (χ2v) is 6.45. The van der Waals surface area contributed by atoms with Crippen LogP contribution in [0.1, 0.15) is 24.4 Å². The summed E-state index contributed by atoms with van der Waals surface area (Å²) in [4.78, 5) is 4.87. The van der Waals surface area contributed by atoms with Gasteiger partial charge in [-0.05, 0) is 44.6 Å². The van der Waals surface area contributed by atoms with Crippen LogP contribution in [0.5, 0.6) is 0 Å². The van der Waals surface area contributed by atoms with E-state index in [2.05, 4.69) is 64.1 Å². The van der Waals surface area contributed by atoms with Crippen molar-refractivity contribution < 1.29 is 0 Å². The van der Waals surface area contributed by atoms with Crippen molar-refractivity contribution in [3.63, 3.8) is 0 Å². The Morgan fingerprint density at radius 3 is 2.58 bits per heavy atom. The highest BCUT2D eigenvalue weighted by Crippen LogP contribution is 2.26. The Morgan fingerprint density at radius 1 is 1.37 bits per heavy atom. The van der Waals surface area contributed by atoms with E-state index in [4.69, 9.17) is 5.73 Å². The normalized spacial score (nSPS) is 19.8. The molecular formula is C15H24BrN3. The standard InChI is InChI=1S/C15H24BrN3/c1-18(2)14-6-8-19(9-7-14)15(11-17)12-4-3-5-13(16)10-12/h3-5,10,14-15H,6-9,11,17H2,1-2H3. The summed E-state index contributed by atoms with van der Waals surface area (Å²) in [5.41, 5.74) is 7.33. The Hall–Kier alpha value is -0.420. The van der Waals surface area contributed by atoms with Crippen molar-refractivity contribution in [1.29, 1.82) is 0 Å². The number of likely N-dealkylation sites (tertiary alicyclic amines) is 1. The van der Waals surface area contributed by atoms with Crippen LogP contribution in [0.15, 0.2) is 28.7 Å². The van der Waals surface area contributed by atoms with E-state index in [0.717, 1.165) is 23.6 Å². The van der Waals surface area contributed by atoms with E-state index in [-0.39, 0.29) is 0 Å². The number of nitrogens with two attached hydrogens (primary N) is 1. The van der Waals surface area contributed by atoms with Gasteiger partial charge in [0.1, 0.15) is 0 Å². The van der Waals surface area contributed by atoms with Crippen LogP contribution < -0.4 is 5.73 Å². The van der Waals surface area contributed by atoms with E-state index < -0.39 is 0 Å². The maximum atomic E-state index is 6.01. The molecule has 1 aromatic rings. The van der Waals surface area contributed by atoms with Gasteiger partial charge in [-0.3, -0.25) is 4.90 Å². The van der Waals surface area contributed by atoms with Crippen LogP contribution in [0.2, 0.25) is 0 Å². The van der Waals surface area contributed by atoms with Crippen LogP contribution in [-0.4, -0.2) is 49.6 Å². The van der Waals surface area contributed by atoms with Gasteiger partial charge in [0.05, 0.1) is 0 Å². The second-order valence-electron chi connectivity index (χ2n) is 5.54. The lowest BCUT2D eigenvalue weighted by atomic mass is 9.99. The zero-order valence-electron chi connectivity index (χ0n) is 11.8. The number of nitrogens with zero attached hydrogens (tertiary/aromatic N) is 2. The average Bonchev–Trinajstić information content (AvgIpc) is 2.40. The summed E-state index contributed by atoms with van der Waals surface area (Å²) in [5, 5.41) is 0. The molecule has 0 saturated carbocycles. The molecule has 1 fully saturated rings. The minimum absolute atomic E-state index is 0.348. The third-order valence-electron chi connectivity index (χ3n) is 4.13. The average molecular weight is 326 g/mol. The first-order chi connectivity index (χ1) is 9.11. The lowest BCUT2D eigenvalue weighted by Gasteiger charge is -2.39. The minimum Gasteiger partial charge on any atom is -0.329 e. The molecule has 1 aliphatic heterocycles. The van der Waals surface area contributed by atoms with Crippen molar-refractivity contribution in [2.24, 2.45) is 5.73 Å². The van der Waals surface area contributed by atoms with Crippen molar-refractivity contribution in [3.05, 3.63) is 34.3 Å². The molecule has 19 heavy (non-hydrogen) atoms. The van der Waals surface area contributed by atoms with E-state index in [9.17, 15) is 0 Å². The van der Waals surface area contributed by atoms with Crippen molar-refractivity contribution in [3.8, 4) is 0 Å². The Labute approximate surface area is 124 Å². The maximum absolute atomic E-state index is 6.01. The first-order valence-corrected chi connectivity index (χ1v) is 7.77. The number of hydrogen-bond acceptors (Lipinski definition) is 3. The predicted octanol–water partition coefficient (Wildman–Crippen LogP) is 2.47. The maximum Gasteiger partial charge on any atom is 0.0470 e. The number of hydrogen-bond donors (Lipinski definition) is 1. The van der Waals surface area contributed by atoms with Crippen molar-refractivity contribution in [1.82, 2.24) is 9.80 Å². The molecule has 1 unspecified atom stereocenters. The monoisotopic (exact) mass is 325 g/mol. The number of benzene rings is 1. The van der Waals surface area contributed by atoms with E-state index in [1.165, 1.54) is 18.4 Å². The quantitative estimate of drug-likeness (QED) is 0.923. The molecule has 0 spiro atoms. The van der Waals surface area contributed by atoms with Gasteiger partial charge in [-0.25, -0.2) is 0 Å². The van der Waals surface area contributed by atoms with E-state index in [1.54, 1.807) is 0 Å². The number of rotatable bonds is 4. The third kappa shape index (κ3) is 3.78. The van der Waals surface area contributed by atoms with Crippen LogP contribution in [0, 0.1) is 0 Å². The molecule has 0 radical (unpaired) electrons. The molecule has 0 aromatic heterocycles. The highest BCUT2D eigenvalue weighted by molar-refractivity contribution is 9.10.